The third-order valence-corrected chi connectivity index (χ3v) is 6.23. The number of aliphatic imine (C=N–C) groups is 1. The predicted octanol–water partition coefficient (Wildman–Crippen LogP) is 2.10. The first-order valence-corrected chi connectivity index (χ1v) is 12.6. The molecule has 1 aromatic heterocycles. The molecule has 1 fully saturated rings. The highest BCUT2D eigenvalue weighted by atomic mass is 127. The van der Waals surface area contributed by atoms with E-state index >= 15 is 0 Å². The number of hydrogen-bond acceptors (Lipinski definition) is 5. The minimum absolute atomic E-state index is 0. The zero-order chi connectivity index (χ0) is 22.6. The van der Waals surface area contributed by atoms with E-state index in [9.17, 15) is 4.79 Å². The van der Waals surface area contributed by atoms with Gasteiger partial charge in [-0.1, -0.05) is 13.3 Å². The van der Waals surface area contributed by atoms with E-state index in [1.54, 1.807) is 0 Å². The van der Waals surface area contributed by atoms with Gasteiger partial charge >= 0.3 is 0 Å². The summed E-state index contributed by atoms with van der Waals surface area (Å²) < 4.78 is 2.33. The smallest absolute Gasteiger partial charge is 0.234 e. The van der Waals surface area contributed by atoms with Gasteiger partial charge in [-0.05, 0) is 45.4 Å². The SMILES string of the molecule is CCCNC(=O)CN1CCC(NC(=NCCCc2nnc3n2CCCCC3)NCC)CC1.I. The number of likely N-dealkylation sites (tertiary alicyclic amines) is 1. The van der Waals surface area contributed by atoms with Crippen molar-refractivity contribution >= 4 is 35.8 Å². The number of hydrogen-bond donors (Lipinski definition) is 3. The first-order chi connectivity index (χ1) is 15.7. The number of carbonyl (C=O) groups is 1. The van der Waals surface area contributed by atoms with Crippen LogP contribution in [0.5, 0.6) is 0 Å². The summed E-state index contributed by atoms with van der Waals surface area (Å²) in [6.45, 7) is 10.00. The molecule has 0 bridgehead atoms. The molecule has 1 amide bonds. The van der Waals surface area contributed by atoms with Crippen molar-refractivity contribution in [3.63, 3.8) is 0 Å². The quantitative estimate of drug-likeness (QED) is 0.171. The molecule has 9 nitrogen and oxygen atoms in total. The van der Waals surface area contributed by atoms with Gasteiger partial charge in [0, 0.05) is 58.2 Å². The fraction of sp³-hybridized carbons (Fsp3) is 0.826. The predicted molar refractivity (Wildman–Crippen MR) is 143 cm³/mol. The van der Waals surface area contributed by atoms with Gasteiger partial charge in [-0.2, -0.15) is 0 Å². The molecule has 0 atom stereocenters. The zero-order valence-electron chi connectivity index (χ0n) is 20.4. The molecule has 0 radical (unpaired) electrons. The lowest BCUT2D eigenvalue weighted by molar-refractivity contribution is -0.122. The molecule has 3 rings (SSSR count). The third kappa shape index (κ3) is 9.38. The van der Waals surface area contributed by atoms with E-state index in [4.69, 9.17) is 4.99 Å². The van der Waals surface area contributed by atoms with Gasteiger partial charge in [-0.25, -0.2) is 0 Å². The Labute approximate surface area is 216 Å². The topological polar surface area (TPSA) is 99.5 Å². The molecular weight excluding hydrogens is 531 g/mol. The van der Waals surface area contributed by atoms with Crippen LogP contribution in [-0.2, 0) is 24.2 Å². The molecule has 3 N–H and O–H groups in total. The number of nitrogens with one attached hydrogen (secondary N) is 3. The lowest BCUT2D eigenvalue weighted by atomic mass is 10.1. The summed E-state index contributed by atoms with van der Waals surface area (Å²) in [7, 11) is 0. The molecule has 2 aliphatic rings. The molecule has 33 heavy (non-hydrogen) atoms. The van der Waals surface area contributed by atoms with E-state index in [0.717, 1.165) is 95.4 Å². The third-order valence-electron chi connectivity index (χ3n) is 6.23. The highest BCUT2D eigenvalue weighted by Gasteiger charge is 2.21. The number of piperidine rings is 1. The Morgan fingerprint density at radius 3 is 2.67 bits per heavy atom. The molecule has 0 spiro atoms. The number of nitrogens with zero attached hydrogens (tertiary/aromatic N) is 5. The summed E-state index contributed by atoms with van der Waals surface area (Å²) in [5, 5.41) is 18.8. The number of carbonyl (C=O) groups excluding carboxylic acids is 1. The van der Waals surface area contributed by atoms with Gasteiger partial charge < -0.3 is 20.5 Å². The minimum atomic E-state index is 0. The fourth-order valence-corrected chi connectivity index (χ4v) is 4.43. The van der Waals surface area contributed by atoms with Crippen LogP contribution in [-0.4, -0.2) is 76.8 Å². The van der Waals surface area contributed by atoms with Crippen molar-refractivity contribution in [3.8, 4) is 0 Å². The van der Waals surface area contributed by atoms with E-state index in [1.807, 2.05) is 0 Å². The standard InChI is InChI=1S/C23H42N8O.HI/c1-3-13-25-22(32)18-30-16-11-19(12-17-30)27-23(24-4-2)26-14-8-10-21-29-28-20-9-6-5-7-15-31(20)21;/h19H,3-18H2,1-2H3,(H,25,32)(H2,24,26,27);1H. The lowest BCUT2D eigenvalue weighted by Gasteiger charge is -2.32. The Morgan fingerprint density at radius 1 is 1.09 bits per heavy atom. The van der Waals surface area contributed by atoms with E-state index in [-0.39, 0.29) is 29.9 Å². The number of halogens is 1. The Hall–Kier alpha value is -1.43. The van der Waals surface area contributed by atoms with Crippen molar-refractivity contribution < 1.29 is 4.79 Å². The van der Waals surface area contributed by atoms with Crippen molar-refractivity contribution in [2.24, 2.45) is 4.99 Å². The fourth-order valence-electron chi connectivity index (χ4n) is 4.43. The first-order valence-electron chi connectivity index (χ1n) is 12.6. The van der Waals surface area contributed by atoms with Crippen molar-refractivity contribution in [1.82, 2.24) is 35.6 Å². The second-order valence-corrected chi connectivity index (χ2v) is 8.90. The molecule has 188 valence electrons. The molecule has 2 aliphatic heterocycles. The second-order valence-electron chi connectivity index (χ2n) is 8.90. The van der Waals surface area contributed by atoms with Crippen molar-refractivity contribution in [2.75, 3.05) is 39.3 Å². The normalized spacial score (nSPS) is 17.6. The van der Waals surface area contributed by atoms with Gasteiger partial charge in [0.25, 0.3) is 0 Å². The largest absolute Gasteiger partial charge is 0.357 e. The first kappa shape index (κ1) is 27.8. The summed E-state index contributed by atoms with van der Waals surface area (Å²) in [5.74, 6) is 3.31. The lowest BCUT2D eigenvalue weighted by Crippen LogP contribution is -2.50. The van der Waals surface area contributed by atoms with E-state index in [0.29, 0.717) is 12.6 Å². The van der Waals surface area contributed by atoms with Gasteiger partial charge in [0.15, 0.2) is 5.96 Å². The minimum Gasteiger partial charge on any atom is -0.357 e. The summed E-state index contributed by atoms with van der Waals surface area (Å²) >= 11 is 0. The van der Waals surface area contributed by atoms with Gasteiger partial charge in [0.1, 0.15) is 11.6 Å². The number of fused-ring (bicyclic) bond motifs is 1. The van der Waals surface area contributed by atoms with E-state index in [1.165, 1.54) is 19.3 Å². The Kier molecular flexibility index (Phi) is 13.0. The summed E-state index contributed by atoms with van der Waals surface area (Å²) in [6, 6.07) is 0.398. The number of amides is 1. The molecule has 1 saturated heterocycles. The summed E-state index contributed by atoms with van der Waals surface area (Å²) in [6.07, 6.45) is 9.73. The molecule has 3 heterocycles. The molecule has 0 unspecified atom stereocenters. The number of rotatable bonds is 10. The average molecular weight is 575 g/mol. The van der Waals surface area contributed by atoms with E-state index < -0.39 is 0 Å². The Balaban J connectivity index is 0.00000385. The van der Waals surface area contributed by atoms with Crippen LogP contribution < -0.4 is 16.0 Å². The number of aromatic nitrogens is 3. The van der Waals surface area contributed by atoms with Crippen molar-refractivity contribution in [2.45, 2.75) is 84.2 Å². The van der Waals surface area contributed by atoms with Crippen LogP contribution in [0.15, 0.2) is 4.99 Å². The van der Waals surface area contributed by atoms with Gasteiger partial charge in [-0.15, -0.1) is 34.2 Å². The van der Waals surface area contributed by atoms with Crippen LogP contribution in [0.3, 0.4) is 0 Å². The average Bonchev–Trinajstić information content (AvgIpc) is 3.02. The maximum absolute atomic E-state index is 11.9. The Bertz CT molecular complexity index is 730. The molecule has 1 aromatic rings. The highest BCUT2D eigenvalue weighted by Crippen LogP contribution is 2.15. The monoisotopic (exact) mass is 574 g/mol. The van der Waals surface area contributed by atoms with Gasteiger partial charge in [-0.3, -0.25) is 14.7 Å². The van der Waals surface area contributed by atoms with Crippen molar-refractivity contribution in [3.05, 3.63) is 11.6 Å². The van der Waals surface area contributed by atoms with Crippen LogP contribution in [0, 0.1) is 0 Å². The molecular formula is C23H43IN8O. The van der Waals surface area contributed by atoms with Crippen LogP contribution in [0.4, 0.5) is 0 Å². The Morgan fingerprint density at radius 2 is 1.91 bits per heavy atom. The van der Waals surface area contributed by atoms with Crippen molar-refractivity contribution in [1.29, 1.82) is 0 Å². The van der Waals surface area contributed by atoms with Gasteiger partial charge in [0.2, 0.25) is 5.91 Å². The maximum Gasteiger partial charge on any atom is 0.234 e. The molecule has 0 aromatic carbocycles. The zero-order valence-corrected chi connectivity index (χ0v) is 22.8. The van der Waals surface area contributed by atoms with E-state index in [2.05, 4.69) is 49.5 Å². The number of aryl methyl sites for hydroxylation is 2. The van der Waals surface area contributed by atoms with Crippen LogP contribution in [0.2, 0.25) is 0 Å². The highest BCUT2D eigenvalue weighted by molar-refractivity contribution is 14.0. The maximum atomic E-state index is 11.9. The second kappa shape index (κ2) is 15.5. The number of guanidine groups is 1. The van der Waals surface area contributed by atoms with Crippen LogP contribution >= 0.6 is 24.0 Å². The van der Waals surface area contributed by atoms with Gasteiger partial charge in [0.05, 0.1) is 6.54 Å². The molecule has 0 saturated carbocycles. The van der Waals surface area contributed by atoms with Crippen LogP contribution in [0.1, 0.15) is 70.4 Å². The summed E-state index contributed by atoms with van der Waals surface area (Å²) in [4.78, 5) is 19.0. The van der Waals surface area contributed by atoms with Crippen LogP contribution in [0.25, 0.3) is 0 Å². The molecule has 10 heteroatoms. The molecule has 0 aliphatic carbocycles. The summed E-state index contributed by atoms with van der Waals surface area (Å²) in [5.41, 5.74) is 0.